The van der Waals surface area contributed by atoms with Crippen LogP contribution in [0.3, 0.4) is 0 Å². The predicted molar refractivity (Wildman–Crippen MR) is 85.8 cm³/mol. The lowest BCUT2D eigenvalue weighted by atomic mass is 10.1. The summed E-state index contributed by atoms with van der Waals surface area (Å²) in [6.07, 6.45) is 0.856. The van der Waals surface area contributed by atoms with E-state index in [4.69, 9.17) is 0 Å². The van der Waals surface area contributed by atoms with Crippen LogP contribution < -0.4 is 4.72 Å². The Labute approximate surface area is 125 Å². The molecule has 0 heterocycles. The van der Waals surface area contributed by atoms with Crippen LogP contribution in [0.5, 0.6) is 0 Å². The molecule has 1 N–H and O–H groups in total. The molecule has 0 aromatic heterocycles. The van der Waals surface area contributed by atoms with E-state index in [2.05, 4.69) is 17.4 Å². The van der Waals surface area contributed by atoms with Crippen LogP contribution in [0.2, 0.25) is 0 Å². The van der Waals surface area contributed by atoms with Crippen LogP contribution in [-0.4, -0.2) is 13.7 Å². The molecule has 0 amide bonds. The molecule has 0 aliphatic rings. The van der Waals surface area contributed by atoms with Crippen LogP contribution in [0, 0.1) is 0 Å². The van der Waals surface area contributed by atoms with Gasteiger partial charge in [-0.2, -0.15) is 12.6 Å². The minimum Gasteiger partial charge on any atom is -0.280 e. The van der Waals surface area contributed by atoms with E-state index in [0.29, 0.717) is 5.69 Å². The minimum absolute atomic E-state index is 0.257. The number of anilines is 1. The van der Waals surface area contributed by atoms with Crippen LogP contribution >= 0.6 is 12.6 Å². The zero-order chi connectivity index (χ0) is 14.6. The SMILES string of the molecule is CC(S)Cc1ccc(NS(=O)(=O)c2ccccc2)cc1. The molecule has 20 heavy (non-hydrogen) atoms. The molecule has 0 saturated carbocycles. The van der Waals surface area contributed by atoms with Gasteiger partial charge in [0, 0.05) is 10.9 Å². The quantitative estimate of drug-likeness (QED) is 0.832. The molecule has 0 saturated heterocycles. The first kappa shape index (κ1) is 14.9. The van der Waals surface area contributed by atoms with Crippen molar-refractivity contribution in [2.24, 2.45) is 0 Å². The highest BCUT2D eigenvalue weighted by Gasteiger charge is 2.13. The zero-order valence-electron chi connectivity index (χ0n) is 11.2. The van der Waals surface area contributed by atoms with Crippen molar-refractivity contribution >= 4 is 28.3 Å². The van der Waals surface area contributed by atoms with Gasteiger partial charge in [0.1, 0.15) is 0 Å². The fraction of sp³-hybridized carbons (Fsp3) is 0.200. The summed E-state index contributed by atoms with van der Waals surface area (Å²) in [5.41, 5.74) is 1.69. The van der Waals surface area contributed by atoms with Gasteiger partial charge in [0.25, 0.3) is 10.0 Å². The Kier molecular flexibility index (Phi) is 4.73. The first-order valence-corrected chi connectivity index (χ1v) is 8.32. The van der Waals surface area contributed by atoms with Gasteiger partial charge < -0.3 is 0 Å². The number of thiol groups is 1. The lowest BCUT2D eigenvalue weighted by Gasteiger charge is -2.09. The highest BCUT2D eigenvalue weighted by molar-refractivity contribution is 7.92. The monoisotopic (exact) mass is 307 g/mol. The topological polar surface area (TPSA) is 46.2 Å². The van der Waals surface area contributed by atoms with Crippen molar-refractivity contribution in [3.05, 3.63) is 60.2 Å². The summed E-state index contributed by atoms with van der Waals surface area (Å²) in [4.78, 5) is 0.257. The highest BCUT2D eigenvalue weighted by Crippen LogP contribution is 2.17. The molecule has 0 radical (unpaired) electrons. The maximum atomic E-state index is 12.1. The van der Waals surface area contributed by atoms with Gasteiger partial charge in [-0.15, -0.1) is 0 Å². The summed E-state index contributed by atoms with van der Waals surface area (Å²) in [5.74, 6) is 0. The summed E-state index contributed by atoms with van der Waals surface area (Å²) < 4.78 is 26.9. The standard InChI is InChI=1S/C15H17NO2S2/c1-12(19)11-13-7-9-14(10-8-13)16-20(17,18)15-5-3-2-4-6-15/h2-10,12,16,19H,11H2,1H3. The van der Waals surface area contributed by atoms with E-state index in [9.17, 15) is 8.42 Å². The molecule has 0 aliphatic heterocycles. The molecule has 2 rings (SSSR count). The molecule has 2 aromatic rings. The molecular formula is C15H17NO2S2. The summed E-state index contributed by atoms with van der Waals surface area (Å²) in [6.45, 7) is 2.02. The van der Waals surface area contributed by atoms with Gasteiger partial charge in [-0.25, -0.2) is 8.42 Å². The highest BCUT2D eigenvalue weighted by atomic mass is 32.2. The lowest BCUT2D eigenvalue weighted by Crippen LogP contribution is -2.12. The number of rotatable bonds is 5. The van der Waals surface area contributed by atoms with E-state index in [1.807, 2.05) is 19.1 Å². The number of hydrogen-bond acceptors (Lipinski definition) is 3. The number of benzene rings is 2. The van der Waals surface area contributed by atoms with Gasteiger partial charge in [-0.05, 0) is 36.2 Å². The van der Waals surface area contributed by atoms with Gasteiger partial charge in [0.15, 0.2) is 0 Å². The van der Waals surface area contributed by atoms with Crippen molar-refractivity contribution in [2.45, 2.75) is 23.5 Å². The molecule has 1 unspecified atom stereocenters. The fourth-order valence-corrected chi connectivity index (χ4v) is 3.15. The van der Waals surface area contributed by atoms with E-state index in [-0.39, 0.29) is 10.1 Å². The van der Waals surface area contributed by atoms with E-state index < -0.39 is 10.0 Å². The van der Waals surface area contributed by atoms with Crippen molar-refractivity contribution in [3.63, 3.8) is 0 Å². The molecule has 106 valence electrons. The largest absolute Gasteiger partial charge is 0.280 e. The average molecular weight is 307 g/mol. The fourth-order valence-electron chi connectivity index (χ4n) is 1.86. The molecular weight excluding hydrogens is 290 g/mol. The summed E-state index contributed by atoms with van der Waals surface area (Å²) >= 11 is 4.34. The van der Waals surface area contributed by atoms with Crippen molar-refractivity contribution in [3.8, 4) is 0 Å². The van der Waals surface area contributed by atoms with Crippen LogP contribution in [0.4, 0.5) is 5.69 Å². The summed E-state index contributed by atoms with van der Waals surface area (Å²) in [7, 11) is -3.51. The molecule has 0 bridgehead atoms. The lowest BCUT2D eigenvalue weighted by molar-refractivity contribution is 0.601. The second-order valence-electron chi connectivity index (χ2n) is 4.67. The molecule has 0 aliphatic carbocycles. The maximum absolute atomic E-state index is 12.1. The minimum atomic E-state index is -3.51. The van der Waals surface area contributed by atoms with E-state index in [0.717, 1.165) is 12.0 Å². The van der Waals surface area contributed by atoms with Crippen LogP contribution in [-0.2, 0) is 16.4 Å². The van der Waals surface area contributed by atoms with Gasteiger partial charge in [-0.1, -0.05) is 37.3 Å². The Morgan fingerprint density at radius 1 is 1.05 bits per heavy atom. The predicted octanol–water partition coefficient (Wildman–Crippen LogP) is 3.35. The first-order chi connectivity index (χ1) is 9.47. The second kappa shape index (κ2) is 6.33. The van der Waals surface area contributed by atoms with Crippen molar-refractivity contribution < 1.29 is 8.42 Å². The smallest absolute Gasteiger partial charge is 0.261 e. The van der Waals surface area contributed by atoms with Gasteiger partial charge in [0.05, 0.1) is 4.90 Å². The van der Waals surface area contributed by atoms with Crippen LogP contribution in [0.1, 0.15) is 12.5 Å². The summed E-state index contributed by atoms with van der Waals surface area (Å²) in [6, 6.07) is 15.7. The van der Waals surface area contributed by atoms with Crippen molar-refractivity contribution in [2.75, 3.05) is 4.72 Å². The molecule has 5 heteroatoms. The second-order valence-corrected chi connectivity index (χ2v) is 7.23. The Hall–Kier alpha value is -1.46. The third-order valence-corrected chi connectivity index (χ3v) is 4.37. The number of hydrogen-bond donors (Lipinski definition) is 2. The van der Waals surface area contributed by atoms with E-state index in [1.54, 1.807) is 42.5 Å². The normalized spacial score (nSPS) is 12.9. The van der Waals surface area contributed by atoms with Gasteiger partial charge in [0.2, 0.25) is 0 Å². The van der Waals surface area contributed by atoms with Crippen LogP contribution in [0.25, 0.3) is 0 Å². The van der Waals surface area contributed by atoms with Crippen LogP contribution in [0.15, 0.2) is 59.5 Å². The van der Waals surface area contributed by atoms with Gasteiger partial charge in [-0.3, -0.25) is 4.72 Å². The Balaban J connectivity index is 2.14. The Morgan fingerprint density at radius 3 is 2.20 bits per heavy atom. The number of sulfonamides is 1. The molecule has 0 fully saturated rings. The molecule has 3 nitrogen and oxygen atoms in total. The van der Waals surface area contributed by atoms with Gasteiger partial charge >= 0.3 is 0 Å². The Morgan fingerprint density at radius 2 is 1.65 bits per heavy atom. The number of nitrogens with one attached hydrogen (secondary N) is 1. The third-order valence-electron chi connectivity index (χ3n) is 2.79. The molecule has 1 atom stereocenters. The summed E-state index contributed by atoms with van der Waals surface area (Å²) in [5, 5.41) is 0.280. The first-order valence-electron chi connectivity index (χ1n) is 6.32. The Bertz CT molecular complexity index is 650. The van der Waals surface area contributed by atoms with E-state index in [1.165, 1.54) is 0 Å². The maximum Gasteiger partial charge on any atom is 0.261 e. The van der Waals surface area contributed by atoms with E-state index >= 15 is 0 Å². The zero-order valence-corrected chi connectivity index (χ0v) is 12.9. The average Bonchev–Trinajstić information content (AvgIpc) is 2.41. The van der Waals surface area contributed by atoms with Crippen molar-refractivity contribution in [1.29, 1.82) is 0 Å². The molecule has 0 spiro atoms. The van der Waals surface area contributed by atoms with Crippen molar-refractivity contribution in [1.82, 2.24) is 0 Å². The third kappa shape index (κ3) is 4.02. The molecule has 2 aromatic carbocycles.